The molecule has 0 aromatic rings. The van der Waals surface area contributed by atoms with Gasteiger partial charge in [0.1, 0.15) is 0 Å². The maximum Gasteiger partial charge on any atom is 0.409 e. The van der Waals surface area contributed by atoms with Crippen LogP contribution in [0.2, 0.25) is 0 Å². The number of rotatable bonds is 4. The highest BCUT2D eigenvalue weighted by Crippen LogP contribution is 2.25. The predicted octanol–water partition coefficient (Wildman–Crippen LogP) is 0.751. The fourth-order valence-corrected chi connectivity index (χ4v) is 4.00. The van der Waals surface area contributed by atoms with E-state index in [-0.39, 0.29) is 35.9 Å². The van der Waals surface area contributed by atoms with Crippen molar-refractivity contribution in [1.29, 1.82) is 0 Å². The number of amides is 3. The van der Waals surface area contributed by atoms with E-state index in [0.717, 1.165) is 25.7 Å². The zero-order valence-corrected chi connectivity index (χ0v) is 15.4. The maximum absolute atomic E-state index is 12.6. The second-order valence-corrected chi connectivity index (χ2v) is 7.26. The molecule has 3 fully saturated rings. The van der Waals surface area contributed by atoms with E-state index in [9.17, 15) is 14.4 Å². The first kappa shape index (κ1) is 18.9. The molecule has 0 spiro atoms. The largest absolute Gasteiger partial charge is 0.450 e. The highest BCUT2D eigenvalue weighted by atomic mass is 16.6. The molecule has 1 atom stereocenters. The minimum absolute atomic E-state index is 0.0394. The normalized spacial score (nSPS) is 25.4. The van der Waals surface area contributed by atoms with Gasteiger partial charge in [-0.2, -0.15) is 0 Å². The molecule has 3 saturated heterocycles. The number of carbonyl (C=O) groups is 3. The number of nitrogens with zero attached hydrogens (tertiary/aromatic N) is 2. The third-order valence-corrected chi connectivity index (χ3v) is 5.53. The molecule has 26 heavy (non-hydrogen) atoms. The van der Waals surface area contributed by atoms with Gasteiger partial charge in [0.2, 0.25) is 11.8 Å². The Morgan fingerprint density at radius 2 is 1.88 bits per heavy atom. The van der Waals surface area contributed by atoms with Crippen LogP contribution in [-0.2, 0) is 19.1 Å². The number of likely N-dealkylation sites (tertiary alicyclic amines) is 2. The fraction of sp³-hybridized carbons (Fsp3) is 0.833. The molecule has 3 aliphatic rings. The van der Waals surface area contributed by atoms with E-state index in [0.29, 0.717) is 45.9 Å². The van der Waals surface area contributed by atoms with Gasteiger partial charge in [0.15, 0.2) is 0 Å². The summed E-state index contributed by atoms with van der Waals surface area (Å²) in [6, 6.07) is 0.266. The highest BCUT2D eigenvalue weighted by Gasteiger charge is 2.39. The Morgan fingerprint density at radius 3 is 2.54 bits per heavy atom. The van der Waals surface area contributed by atoms with E-state index < -0.39 is 0 Å². The molecule has 0 aromatic heterocycles. The molecule has 0 aromatic carbocycles. The summed E-state index contributed by atoms with van der Waals surface area (Å²) in [6.07, 6.45) is 3.15. The zero-order chi connectivity index (χ0) is 18.5. The first-order chi connectivity index (χ1) is 12.6. The van der Waals surface area contributed by atoms with E-state index in [4.69, 9.17) is 9.47 Å². The second kappa shape index (κ2) is 8.70. The van der Waals surface area contributed by atoms with Crippen LogP contribution in [0.1, 0.15) is 39.0 Å². The lowest BCUT2D eigenvalue weighted by Gasteiger charge is -2.32. The molecular formula is C18H29N3O5. The van der Waals surface area contributed by atoms with Crippen LogP contribution in [0.3, 0.4) is 0 Å². The van der Waals surface area contributed by atoms with Gasteiger partial charge < -0.3 is 24.6 Å². The number of hydrogen-bond acceptors (Lipinski definition) is 5. The Kier molecular flexibility index (Phi) is 6.34. The van der Waals surface area contributed by atoms with Gasteiger partial charge in [0.25, 0.3) is 0 Å². The molecule has 3 amide bonds. The summed E-state index contributed by atoms with van der Waals surface area (Å²) in [5, 5.41) is 3.08. The van der Waals surface area contributed by atoms with Crippen molar-refractivity contribution in [3.63, 3.8) is 0 Å². The van der Waals surface area contributed by atoms with Crippen molar-refractivity contribution >= 4 is 17.9 Å². The Labute approximate surface area is 154 Å². The van der Waals surface area contributed by atoms with Crippen molar-refractivity contribution in [2.24, 2.45) is 5.92 Å². The summed E-state index contributed by atoms with van der Waals surface area (Å²) in [5.74, 6) is -0.231. The van der Waals surface area contributed by atoms with Crippen LogP contribution < -0.4 is 5.32 Å². The van der Waals surface area contributed by atoms with Crippen LogP contribution >= 0.6 is 0 Å². The van der Waals surface area contributed by atoms with Gasteiger partial charge in [0.05, 0.1) is 12.5 Å². The van der Waals surface area contributed by atoms with Crippen molar-refractivity contribution in [2.45, 2.75) is 51.1 Å². The van der Waals surface area contributed by atoms with E-state index >= 15 is 0 Å². The van der Waals surface area contributed by atoms with E-state index in [1.54, 1.807) is 11.8 Å². The van der Waals surface area contributed by atoms with Crippen molar-refractivity contribution in [3.8, 4) is 0 Å². The van der Waals surface area contributed by atoms with Crippen molar-refractivity contribution in [2.75, 3.05) is 39.5 Å². The SMILES string of the molecule is CCOC(=O)N1CCC(NC(=O)C2CC(=O)N(C3CCOCC3)C2)CC1. The fourth-order valence-electron chi connectivity index (χ4n) is 4.00. The Morgan fingerprint density at radius 1 is 1.19 bits per heavy atom. The van der Waals surface area contributed by atoms with Gasteiger partial charge in [-0.05, 0) is 32.6 Å². The van der Waals surface area contributed by atoms with E-state index in [1.807, 2.05) is 4.90 Å². The molecule has 8 nitrogen and oxygen atoms in total. The minimum Gasteiger partial charge on any atom is -0.450 e. The lowest BCUT2D eigenvalue weighted by Crippen LogP contribution is -2.48. The Bertz CT molecular complexity index is 527. The minimum atomic E-state index is -0.286. The molecule has 0 aliphatic carbocycles. The summed E-state index contributed by atoms with van der Waals surface area (Å²) in [6.45, 7) is 5.21. The average Bonchev–Trinajstić information content (AvgIpc) is 3.05. The molecular weight excluding hydrogens is 338 g/mol. The van der Waals surface area contributed by atoms with Gasteiger partial charge in [0, 0.05) is 51.4 Å². The van der Waals surface area contributed by atoms with Gasteiger partial charge in [-0.25, -0.2) is 4.79 Å². The van der Waals surface area contributed by atoms with Gasteiger partial charge in [-0.3, -0.25) is 9.59 Å². The number of nitrogens with one attached hydrogen (secondary N) is 1. The number of piperidine rings is 1. The molecule has 0 saturated carbocycles. The van der Waals surface area contributed by atoms with Crippen LogP contribution in [0.5, 0.6) is 0 Å². The molecule has 3 heterocycles. The third-order valence-electron chi connectivity index (χ3n) is 5.53. The molecule has 146 valence electrons. The van der Waals surface area contributed by atoms with Crippen molar-refractivity contribution in [3.05, 3.63) is 0 Å². The quantitative estimate of drug-likeness (QED) is 0.792. The summed E-state index contributed by atoms with van der Waals surface area (Å²) in [7, 11) is 0. The monoisotopic (exact) mass is 367 g/mol. The van der Waals surface area contributed by atoms with E-state index in [1.165, 1.54) is 0 Å². The van der Waals surface area contributed by atoms with Crippen LogP contribution in [0.15, 0.2) is 0 Å². The van der Waals surface area contributed by atoms with Crippen molar-refractivity contribution in [1.82, 2.24) is 15.1 Å². The first-order valence-electron chi connectivity index (χ1n) is 9.67. The third kappa shape index (κ3) is 4.47. The van der Waals surface area contributed by atoms with Crippen LogP contribution in [0, 0.1) is 5.92 Å². The smallest absolute Gasteiger partial charge is 0.409 e. The highest BCUT2D eigenvalue weighted by molar-refractivity contribution is 5.89. The maximum atomic E-state index is 12.6. The van der Waals surface area contributed by atoms with Crippen molar-refractivity contribution < 1.29 is 23.9 Å². The summed E-state index contributed by atoms with van der Waals surface area (Å²) in [5.41, 5.74) is 0. The van der Waals surface area contributed by atoms with Crippen LogP contribution in [-0.4, -0.2) is 79.2 Å². The summed E-state index contributed by atoms with van der Waals surface area (Å²) in [4.78, 5) is 40.2. The predicted molar refractivity (Wildman–Crippen MR) is 93.4 cm³/mol. The van der Waals surface area contributed by atoms with Gasteiger partial charge >= 0.3 is 6.09 Å². The Balaban J connectivity index is 1.44. The summed E-state index contributed by atoms with van der Waals surface area (Å²) < 4.78 is 10.4. The molecule has 1 unspecified atom stereocenters. The molecule has 0 bridgehead atoms. The van der Waals surface area contributed by atoms with Gasteiger partial charge in [-0.1, -0.05) is 0 Å². The van der Waals surface area contributed by atoms with Crippen LogP contribution in [0.4, 0.5) is 4.79 Å². The lowest BCUT2D eigenvalue weighted by molar-refractivity contribution is -0.131. The zero-order valence-electron chi connectivity index (χ0n) is 15.4. The number of ether oxygens (including phenoxy) is 2. The van der Waals surface area contributed by atoms with E-state index in [2.05, 4.69) is 5.32 Å². The standard InChI is InChI=1S/C18H29N3O5/c1-2-26-18(24)20-7-3-14(4-8-20)19-17(23)13-11-16(22)21(12-13)15-5-9-25-10-6-15/h13-15H,2-12H2,1H3,(H,19,23). The Hall–Kier alpha value is -1.83. The molecule has 0 radical (unpaired) electrons. The summed E-state index contributed by atoms with van der Waals surface area (Å²) >= 11 is 0. The van der Waals surface area contributed by atoms with Crippen LogP contribution in [0.25, 0.3) is 0 Å². The number of carbonyl (C=O) groups excluding carboxylic acids is 3. The molecule has 3 aliphatic heterocycles. The second-order valence-electron chi connectivity index (χ2n) is 7.26. The topological polar surface area (TPSA) is 88.2 Å². The molecule has 3 rings (SSSR count). The number of hydrogen-bond donors (Lipinski definition) is 1. The molecule has 1 N–H and O–H groups in total. The average molecular weight is 367 g/mol. The lowest BCUT2D eigenvalue weighted by atomic mass is 10.0. The first-order valence-corrected chi connectivity index (χ1v) is 9.67. The molecule has 8 heteroatoms. The van der Waals surface area contributed by atoms with Gasteiger partial charge in [-0.15, -0.1) is 0 Å².